The number of para-hydroxylation sites is 1. The van der Waals surface area contributed by atoms with Gasteiger partial charge >= 0.3 is 0 Å². The summed E-state index contributed by atoms with van der Waals surface area (Å²) in [6, 6.07) is 16.2. The fourth-order valence-electron chi connectivity index (χ4n) is 3.86. The van der Waals surface area contributed by atoms with E-state index in [1.165, 1.54) is 10.9 Å². The molecule has 1 aliphatic rings. The summed E-state index contributed by atoms with van der Waals surface area (Å²) in [7, 11) is 1.67. The zero-order chi connectivity index (χ0) is 18.1. The fourth-order valence-corrected chi connectivity index (χ4v) is 3.98. The molecular formula is C21H21ClN2O2. The van der Waals surface area contributed by atoms with Gasteiger partial charge in [-0.25, -0.2) is 0 Å². The second kappa shape index (κ2) is 7.14. The molecule has 0 radical (unpaired) electrons. The number of aromatic amines is 1. The number of fused-ring (bicyclic) bond motifs is 1. The molecule has 0 bridgehead atoms. The zero-order valence-electron chi connectivity index (χ0n) is 14.7. The van der Waals surface area contributed by atoms with Gasteiger partial charge in [-0.2, -0.15) is 0 Å². The van der Waals surface area contributed by atoms with Crippen LogP contribution >= 0.6 is 11.6 Å². The highest BCUT2D eigenvalue weighted by molar-refractivity contribution is 6.30. The van der Waals surface area contributed by atoms with Crippen molar-refractivity contribution < 1.29 is 9.53 Å². The number of nitrogens with zero attached hydrogens (tertiary/aromatic N) is 1. The lowest BCUT2D eigenvalue weighted by Crippen LogP contribution is -2.31. The maximum Gasteiger partial charge on any atom is 0.223 e. The molecule has 2 aromatic carbocycles. The molecule has 1 aromatic heterocycles. The number of likely N-dealkylation sites (tertiary alicyclic amines) is 1. The molecule has 4 rings (SSSR count). The minimum atomic E-state index is 0.0551. The molecule has 1 aliphatic heterocycles. The van der Waals surface area contributed by atoms with Gasteiger partial charge in [-0.1, -0.05) is 41.9 Å². The molecule has 2 heterocycles. The van der Waals surface area contributed by atoms with Gasteiger partial charge in [0.1, 0.15) is 0 Å². The Hall–Kier alpha value is -2.30. The van der Waals surface area contributed by atoms with Gasteiger partial charge in [-0.15, -0.1) is 0 Å². The molecule has 26 heavy (non-hydrogen) atoms. The highest BCUT2D eigenvalue weighted by atomic mass is 35.5. The Labute approximate surface area is 157 Å². The van der Waals surface area contributed by atoms with Crippen LogP contribution in [0.2, 0.25) is 5.02 Å². The predicted molar refractivity (Wildman–Crippen MR) is 104 cm³/mol. The van der Waals surface area contributed by atoms with E-state index in [2.05, 4.69) is 17.1 Å². The third-order valence-electron chi connectivity index (χ3n) is 5.08. The Kier molecular flexibility index (Phi) is 4.70. The summed E-state index contributed by atoms with van der Waals surface area (Å²) in [5.74, 6) is 0.194. The number of hydrogen-bond donors (Lipinski definition) is 1. The molecule has 0 aliphatic carbocycles. The Balaban J connectivity index is 1.86. The van der Waals surface area contributed by atoms with Gasteiger partial charge in [0, 0.05) is 41.6 Å². The highest BCUT2D eigenvalue weighted by Gasteiger charge is 2.35. The molecule has 0 saturated carbocycles. The van der Waals surface area contributed by atoms with Crippen LogP contribution in [0.25, 0.3) is 22.2 Å². The molecule has 0 spiro atoms. The predicted octanol–water partition coefficient (Wildman–Crippen LogP) is 4.80. The first-order valence-corrected chi connectivity index (χ1v) is 9.22. The van der Waals surface area contributed by atoms with Crippen molar-refractivity contribution in [3.63, 3.8) is 0 Å². The minimum absolute atomic E-state index is 0.0551. The summed E-state index contributed by atoms with van der Waals surface area (Å²) in [6.07, 6.45) is 1.40. The van der Waals surface area contributed by atoms with Crippen LogP contribution in [-0.2, 0) is 9.53 Å². The molecule has 1 atom stereocenters. The smallest absolute Gasteiger partial charge is 0.223 e. The van der Waals surface area contributed by atoms with E-state index in [1.807, 2.05) is 41.3 Å². The summed E-state index contributed by atoms with van der Waals surface area (Å²) in [5, 5.41) is 1.88. The third kappa shape index (κ3) is 3.00. The van der Waals surface area contributed by atoms with E-state index in [4.69, 9.17) is 16.3 Å². The second-order valence-electron chi connectivity index (χ2n) is 6.60. The van der Waals surface area contributed by atoms with Gasteiger partial charge in [0.05, 0.1) is 18.3 Å². The van der Waals surface area contributed by atoms with Crippen molar-refractivity contribution in [2.75, 3.05) is 20.3 Å². The van der Waals surface area contributed by atoms with Crippen molar-refractivity contribution in [2.24, 2.45) is 0 Å². The Morgan fingerprint density at radius 1 is 1.19 bits per heavy atom. The summed E-state index contributed by atoms with van der Waals surface area (Å²) in [4.78, 5) is 18.0. The minimum Gasteiger partial charge on any atom is -0.383 e. The largest absolute Gasteiger partial charge is 0.383 e. The molecule has 1 saturated heterocycles. The molecule has 1 N–H and O–H groups in total. The van der Waals surface area contributed by atoms with Gasteiger partial charge in [-0.3, -0.25) is 4.79 Å². The summed E-state index contributed by atoms with van der Waals surface area (Å²) >= 11 is 6.07. The average molecular weight is 369 g/mol. The van der Waals surface area contributed by atoms with E-state index in [0.717, 1.165) is 23.2 Å². The van der Waals surface area contributed by atoms with Gasteiger partial charge in [-0.05, 0) is 30.2 Å². The molecule has 5 heteroatoms. The first kappa shape index (κ1) is 17.1. The number of benzene rings is 2. The van der Waals surface area contributed by atoms with Gasteiger partial charge in [0.15, 0.2) is 0 Å². The van der Waals surface area contributed by atoms with Crippen LogP contribution in [-0.4, -0.2) is 36.1 Å². The SMILES string of the molecule is COCCN1C(=O)CC[C@@H]1c1c(-c2ccc(Cl)cc2)[nH]c2ccccc12. The number of H-pyrrole nitrogens is 1. The lowest BCUT2D eigenvalue weighted by atomic mass is 9.97. The van der Waals surface area contributed by atoms with E-state index in [-0.39, 0.29) is 11.9 Å². The number of ether oxygens (including phenoxy) is 1. The lowest BCUT2D eigenvalue weighted by Gasteiger charge is -2.25. The standard InChI is InChI=1S/C21H21ClN2O2/c1-26-13-12-24-18(10-11-19(24)25)20-16-4-2-3-5-17(16)23-21(20)14-6-8-15(22)9-7-14/h2-9,18,23H,10-13H2,1H3/t18-/m1/s1. The highest BCUT2D eigenvalue weighted by Crippen LogP contribution is 2.42. The number of amides is 1. The zero-order valence-corrected chi connectivity index (χ0v) is 15.4. The fraction of sp³-hybridized carbons (Fsp3) is 0.286. The summed E-state index contributed by atoms with van der Waals surface area (Å²) in [6.45, 7) is 1.15. The quantitative estimate of drug-likeness (QED) is 0.703. The van der Waals surface area contributed by atoms with Crippen molar-refractivity contribution in [1.82, 2.24) is 9.88 Å². The van der Waals surface area contributed by atoms with Crippen molar-refractivity contribution in [2.45, 2.75) is 18.9 Å². The first-order valence-electron chi connectivity index (χ1n) is 8.84. The maximum absolute atomic E-state index is 12.5. The number of hydrogen-bond acceptors (Lipinski definition) is 2. The van der Waals surface area contributed by atoms with Crippen molar-refractivity contribution in [3.8, 4) is 11.3 Å². The number of aromatic nitrogens is 1. The van der Waals surface area contributed by atoms with Crippen LogP contribution in [0.3, 0.4) is 0 Å². The van der Waals surface area contributed by atoms with E-state index in [9.17, 15) is 4.79 Å². The van der Waals surface area contributed by atoms with E-state index < -0.39 is 0 Å². The van der Waals surface area contributed by atoms with Gasteiger partial charge < -0.3 is 14.6 Å². The number of nitrogens with one attached hydrogen (secondary N) is 1. The van der Waals surface area contributed by atoms with Crippen LogP contribution in [0.15, 0.2) is 48.5 Å². The van der Waals surface area contributed by atoms with E-state index >= 15 is 0 Å². The van der Waals surface area contributed by atoms with Crippen LogP contribution in [0.4, 0.5) is 0 Å². The van der Waals surface area contributed by atoms with E-state index in [1.54, 1.807) is 7.11 Å². The second-order valence-corrected chi connectivity index (χ2v) is 7.04. The van der Waals surface area contributed by atoms with Gasteiger partial charge in [0.25, 0.3) is 0 Å². The lowest BCUT2D eigenvalue weighted by molar-refractivity contribution is -0.129. The topological polar surface area (TPSA) is 45.3 Å². The molecule has 134 valence electrons. The average Bonchev–Trinajstić information content (AvgIpc) is 3.21. The van der Waals surface area contributed by atoms with Crippen LogP contribution in [0.5, 0.6) is 0 Å². The molecule has 3 aromatic rings. The van der Waals surface area contributed by atoms with Gasteiger partial charge in [0.2, 0.25) is 5.91 Å². The number of methoxy groups -OCH3 is 1. The summed E-state index contributed by atoms with van der Waals surface area (Å²) in [5.41, 5.74) is 4.40. The number of rotatable bonds is 5. The van der Waals surface area contributed by atoms with Crippen molar-refractivity contribution in [1.29, 1.82) is 0 Å². The molecule has 1 amide bonds. The maximum atomic E-state index is 12.5. The number of carbonyl (C=O) groups excluding carboxylic acids is 1. The van der Waals surface area contributed by atoms with E-state index in [0.29, 0.717) is 24.6 Å². The normalized spacial score (nSPS) is 17.4. The Morgan fingerprint density at radius 2 is 1.96 bits per heavy atom. The molecule has 0 unspecified atom stereocenters. The summed E-state index contributed by atoms with van der Waals surface area (Å²) < 4.78 is 5.22. The monoisotopic (exact) mass is 368 g/mol. The third-order valence-corrected chi connectivity index (χ3v) is 5.33. The van der Waals surface area contributed by atoms with Crippen LogP contribution in [0.1, 0.15) is 24.4 Å². The van der Waals surface area contributed by atoms with Crippen LogP contribution in [0, 0.1) is 0 Å². The van der Waals surface area contributed by atoms with Crippen molar-refractivity contribution in [3.05, 3.63) is 59.1 Å². The molecular weight excluding hydrogens is 348 g/mol. The Bertz CT molecular complexity index is 933. The van der Waals surface area contributed by atoms with Crippen LogP contribution < -0.4 is 0 Å². The molecule has 4 nitrogen and oxygen atoms in total. The number of halogens is 1. The first-order chi connectivity index (χ1) is 12.7. The number of carbonyl (C=O) groups is 1. The van der Waals surface area contributed by atoms with Crippen molar-refractivity contribution >= 4 is 28.4 Å². The Morgan fingerprint density at radius 3 is 2.73 bits per heavy atom. The molecule has 1 fully saturated rings.